The van der Waals surface area contributed by atoms with Gasteiger partial charge in [-0.05, 0) is 35.8 Å². The van der Waals surface area contributed by atoms with Crippen LogP contribution in [0.4, 0.5) is 0 Å². The van der Waals surface area contributed by atoms with Gasteiger partial charge in [0.1, 0.15) is 18.6 Å². The molecule has 0 saturated carbocycles. The Morgan fingerprint density at radius 1 is 1.12 bits per heavy atom. The van der Waals surface area contributed by atoms with Gasteiger partial charge >= 0.3 is 0 Å². The van der Waals surface area contributed by atoms with E-state index in [1.165, 1.54) is 0 Å². The second-order valence-corrected chi connectivity index (χ2v) is 12.7. The molecule has 3 nitrogen and oxygen atoms in total. The Labute approximate surface area is 156 Å². The lowest BCUT2D eigenvalue weighted by molar-refractivity contribution is 0.112. The van der Waals surface area contributed by atoms with Crippen LogP contribution in [0, 0.1) is 0 Å². The number of halogens is 1. The summed E-state index contributed by atoms with van der Waals surface area (Å²) in [5.74, 6) is 1.03. The van der Waals surface area contributed by atoms with Crippen molar-refractivity contribution in [3.05, 3.63) is 58.6 Å². The van der Waals surface area contributed by atoms with Gasteiger partial charge in [0.15, 0.2) is 5.75 Å². The van der Waals surface area contributed by atoms with Crippen molar-refractivity contribution < 1.29 is 14.0 Å². The average Bonchev–Trinajstić information content (AvgIpc) is 2.53. The summed E-state index contributed by atoms with van der Waals surface area (Å²) in [7, 11) is -2.10. The van der Waals surface area contributed by atoms with Gasteiger partial charge in [-0.1, -0.05) is 62.7 Å². The van der Waals surface area contributed by atoms with E-state index < -0.39 is 8.32 Å². The zero-order valence-corrected chi connectivity index (χ0v) is 17.2. The average molecular weight is 377 g/mol. The topological polar surface area (TPSA) is 35.5 Å². The summed E-state index contributed by atoms with van der Waals surface area (Å²) in [6.07, 6.45) is 0.769. The van der Waals surface area contributed by atoms with E-state index in [0.717, 1.165) is 11.8 Å². The third-order valence-electron chi connectivity index (χ3n) is 4.57. The first kappa shape index (κ1) is 19.5. The van der Waals surface area contributed by atoms with Crippen molar-refractivity contribution >= 4 is 26.2 Å². The molecule has 134 valence electrons. The van der Waals surface area contributed by atoms with E-state index in [9.17, 15) is 4.79 Å². The summed E-state index contributed by atoms with van der Waals surface area (Å²) in [4.78, 5) is 11.2. The summed E-state index contributed by atoms with van der Waals surface area (Å²) < 4.78 is 12.3. The minimum atomic E-state index is -2.10. The van der Waals surface area contributed by atoms with Crippen LogP contribution in [0.1, 0.15) is 36.7 Å². The van der Waals surface area contributed by atoms with E-state index in [4.69, 9.17) is 20.8 Å². The van der Waals surface area contributed by atoms with E-state index in [-0.39, 0.29) is 5.04 Å². The van der Waals surface area contributed by atoms with Crippen molar-refractivity contribution in [2.45, 2.75) is 45.5 Å². The van der Waals surface area contributed by atoms with Crippen LogP contribution < -0.4 is 9.16 Å². The van der Waals surface area contributed by atoms with Crippen LogP contribution in [-0.4, -0.2) is 14.6 Å². The normalized spacial score (nSPS) is 11.9. The van der Waals surface area contributed by atoms with Crippen LogP contribution in [0.3, 0.4) is 0 Å². The van der Waals surface area contributed by atoms with Crippen LogP contribution in [0.5, 0.6) is 11.5 Å². The van der Waals surface area contributed by atoms with Gasteiger partial charge in [0.25, 0.3) is 8.32 Å². The number of aldehydes is 1. The molecule has 0 fully saturated rings. The third kappa shape index (κ3) is 4.86. The molecule has 0 amide bonds. The van der Waals surface area contributed by atoms with Crippen LogP contribution in [0.2, 0.25) is 23.2 Å². The number of carbonyl (C=O) groups is 1. The second-order valence-electron chi connectivity index (χ2n) is 7.58. The molecule has 0 heterocycles. The zero-order valence-electron chi connectivity index (χ0n) is 15.4. The van der Waals surface area contributed by atoms with Crippen molar-refractivity contribution in [3.63, 3.8) is 0 Å². The number of hydrogen-bond acceptors (Lipinski definition) is 3. The fraction of sp³-hybridized carbons (Fsp3) is 0.350. The summed E-state index contributed by atoms with van der Waals surface area (Å²) >= 11 is 6.37. The SMILES string of the molecule is CC(C)(C)[Si](C)(C)Oc1cc(C=O)cc(Cl)c1OCc1ccccc1. The van der Waals surface area contributed by atoms with Crippen molar-refractivity contribution in [1.82, 2.24) is 0 Å². The number of ether oxygens (including phenoxy) is 1. The van der Waals surface area contributed by atoms with E-state index in [2.05, 4.69) is 33.9 Å². The standard InChI is InChI=1S/C20H25ClO3Si/c1-20(2,3)25(4,5)24-18-12-16(13-22)11-17(21)19(18)23-14-15-9-7-6-8-10-15/h6-13H,14H2,1-5H3. The Morgan fingerprint density at radius 2 is 1.76 bits per heavy atom. The Balaban J connectivity index is 2.36. The molecular formula is C20H25ClO3Si. The molecule has 2 aromatic carbocycles. The first-order valence-corrected chi connectivity index (χ1v) is 11.6. The molecule has 0 radical (unpaired) electrons. The monoisotopic (exact) mass is 376 g/mol. The highest BCUT2D eigenvalue weighted by Gasteiger charge is 2.39. The van der Waals surface area contributed by atoms with Crippen molar-refractivity contribution in [1.29, 1.82) is 0 Å². The van der Waals surface area contributed by atoms with E-state index in [1.807, 2.05) is 30.3 Å². The van der Waals surface area contributed by atoms with Crippen molar-refractivity contribution in [2.24, 2.45) is 0 Å². The summed E-state index contributed by atoms with van der Waals surface area (Å²) in [6.45, 7) is 11.2. The van der Waals surface area contributed by atoms with Crippen LogP contribution in [0.15, 0.2) is 42.5 Å². The van der Waals surface area contributed by atoms with E-state index >= 15 is 0 Å². The summed E-state index contributed by atoms with van der Waals surface area (Å²) in [5, 5.41) is 0.405. The Morgan fingerprint density at radius 3 is 2.32 bits per heavy atom. The second kappa shape index (κ2) is 7.62. The van der Waals surface area contributed by atoms with Gasteiger partial charge in [-0.25, -0.2) is 0 Å². The predicted octanol–water partition coefficient (Wildman–Crippen LogP) is 6.12. The van der Waals surface area contributed by atoms with Crippen molar-refractivity contribution in [3.8, 4) is 11.5 Å². The summed E-state index contributed by atoms with van der Waals surface area (Å²) in [6, 6.07) is 13.2. The highest BCUT2D eigenvalue weighted by Crippen LogP contribution is 2.43. The number of benzene rings is 2. The number of carbonyl (C=O) groups excluding carboxylic acids is 1. The molecular weight excluding hydrogens is 352 g/mol. The number of hydrogen-bond donors (Lipinski definition) is 0. The lowest BCUT2D eigenvalue weighted by Crippen LogP contribution is -2.44. The molecule has 0 aliphatic carbocycles. The van der Waals surface area contributed by atoms with Gasteiger partial charge in [-0.2, -0.15) is 0 Å². The Hall–Kier alpha value is -1.78. The van der Waals surface area contributed by atoms with Crippen LogP contribution in [0.25, 0.3) is 0 Å². The Bertz CT molecular complexity index is 737. The minimum Gasteiger partial charge on any atom is -0.541 e. The van der Waals surface area contributed by atoms with Crippen molar-refractivity contribution in [2.75, 3.05) is 0 Å². The molecule has 0 N–H and O–H groups in total. The fourth-order valence-electron chi connectivity index (χ4n) is 2.03. The zero-order chi connectivity index (χ0) is 18.7. The molecule has 5 heteroatoms. The van der Waals surface area contributed by atoms with Gasteiger partial charge in [-0.15, -0.1) is 0 Å². The van der Waals surface area contributed by atoms with Gasteiger partial charge in [-0.3, -0.25) is 4.79 Å². The van der Waals surface area contributed by atoms with Crippen LogP contribution in [-0.2, 0) is 6.61 Å². The molecule has 0 atom stereocenters. The maximum atomic E-state index is 11.2. The Kier molecular flexibility index (Phi) is 5.96. The quantitative estimate of drug-likeness (QED) is 0.450. The smallest absolute Gasteiger partial charge is 0.250 e. The molecule has 0 spiro atoms. The number of rotatable bonds is 6. The first-order valence-electron chi connectivity index (χ1n) is 8.28. The molecule has 0 saturated heterocycles. The lowest BCUT2D eigenvalue weighted by atomic mass is 10.2. The lowest BCUT2D eigenvalue weighted by Gasteiger charge is -2.37. The van der Waals surface area contributed by atoms with Gasteiger partial charge in [0.2, 0.25) is 0 Å². The van der Waals surface area contributed by atoms with Gasteiger partial charge < -0.3 is 9.16 Å². The highest BCUT2D eigenvalue weighted by molar-refractivity contribution is 6.74. The highest BCUT2D eigenvalue weighted by atomic mass is 35.5. The van der Waals surface area contributed by atoms with Gasteiger partial charge in [0, 0.05) is 5.56 Å². The molecule has 0 unspecified atom stereocenters. The summed E-state index contributed by atoms with van der Waals surface area (Å²) in [5.41, 5.74) is 1.52. The fourth-order valence-corrected chi connectivity index (χ4v) is 3.31. The molecule has 0 aliphatic heterocycles. The van der Waals surface area contributed by atoms with E-state index in [0.29, 0.717) is 28.7 Å². The minimum absolute atomic E-state index is 0.0212. The molecule has 25 heavy (non-hydrogen) atoms. The predicted molar refractivity (Wildman–Crippen MR) is 105 cm³/mol. The first-order chi connectivity index (χ1) is 11.6. The third-order valence-corrected chi connectivity index (χ3v) is 9.19. The molecule has 2 aromatic rings. The largest absolute Gasteiger partial charge is 0.541 e. The van der Waals surface area contributed by atoms with E-state index in [1.54, 1.807) is 12.1 Å². The molecule has 0 bridgehead atoms. The molecule has 0 aromatic heterocycles. The maximum Gasteiger partial charge on any atom is 0.250 e. The van der Waals surface area contributed by atoms with Crippen LogP contribution >= 0.6 is 11.6 Å². The molecule has 2 rings (SSSR count). The maximum absolute atomic E-state index is 11.2. The van der Waals surface area contributed by atoms with Gasteiger partial charge in [0.05, 0.1) is 5.02 Å². The molecule has 0 aliphatic rings.